The Morgan fingerprint density at radius 1 is 1.42 bits per heavy atom. The van der Waals surface area contributed by atoms with Gasteiger partial charge in [-0.25, -0.2) is 17.2 Å². The van der Waals surface area contributed by atoms with Gasteiger partial charge in [-0.05, 0) is 18.6 Å². The standard InChI is InChI=1S/C11H13F2NO4S/c1-19(17,18)6-4-7(11(13)8(12)5-6)9(14)2-3-10(15)16/h4-5,9H,2-3,14H2,1H3,(H,15,16). The topological polar surface area (TPSA) is 97.5 Å². The van der Waals surface area contributed by atoms with Crippen LogP contribution in [0.25, 0.3) is 0 Å². The zero-order valence-electron chi connectivity index (χ0n) is 10.1. The Morgan fingerprint density at radius 3 is 2.47 bits per heavy atom. The molecular weight excluding hydrogens is 280 g/mol. The van der Waals surface area contributed by atoms with Gasteiger partial charge in [-0.15, -0.1) is 0 Å². The summed E-state index contributed by atoms with van der Waals surface area (Å²) < 4.78 is 49.5. The minimum atomic E-state index is -3.71. The van der Waals surface area contributed by atoms with Crippen LogP contribution in [0.2, 0.25) is 0 Å². The van der Waals surface area contributed by atoms with Crippen LogP contribution in [0.4, 0.5) is 8.78 Å². The molecule has 0 fully saturated rings. The monoisotopic (exact) mass is 293 g/mol. The maximum Gasteiger partial charge on any atom is 0.303 e. The highest BCUT2D eigenvalue weighted by Gasteiger charge is 2.20. The van der Waals surface area contributed by atoms with Crippen molar-refractivity contribution in [3.05, 3.63) is 29.3 Å². The van der Waals surface area contributed by atoms with E-state index in [1.165, 1.54) is 0 Å². The third-order valence-corrected chi connectivity index (χ3v) is 3.62. The molecule has 0 aliphatic carbocycles. The van der Waals surface area contributed by atoms with Crippen molar-refractivity contribution < 1.29 is 27.1 Å². The molecule has 1 aromatic rings. The van der Waals surface area contributed by atoms with Gasteiger partial charge in [0.1, 0.15) is 0 Å². The second-order valence-corrected chi connectivity index (χ2v) is 6.14. The molecule has 1 rings (SSSR count). The van der Waals surface area contributed by atoms with Gasteiger partial charge in [0.25, 0.3) is 0 Å². The van der Waals surface area contributed by atoms with Crippen molar-refractivity contribution in [3.8, 4) is 0 Å². The first-order valence-corrected chi connectivity index (χ1v) is 7.18. The van der Waals surface area contributed by atoms with Crippen LogP contribution in [0, 0.1) is 11.6 Å². The summed E-state index contributed by atoms with van der Waals surface area (Å²) in [5.74, 6) is -3.72. The number of rotatable bonds is 5. The number of hydrogen-bond acceptors (Lipinski definition) is 4. The van der Waals surface area contributed by atoms with Crippen molar-refractivity contribution in [2.45, 2.75) is 23.8 Å². The number of carboxylic acids is 1. The fraction of sp³-hybridized carbons (Fsp3) is 0.364. The van der Waals surface area contributed by atoms with Gasteiger partial charge in [0.2, 0.25) is 0 Å². The van der Waals surface area contributed by atoms with Gasteiger partial charge < -0.3 is 10.8 Å². The predicted octanol–water partition coefficient (Wildman–Crippen LogP) is 1.23. The molecule has 0 aliphatic rings. The second kappa shape index (κ2) is 5.62. The summed E-state index contributed by atoms with van der Waals surface area (Å²) in [4.78, 5) is 10.00. The van der Waals surface area contributed by atoms with Crippen LogP contribution in [0.3, 0.4) is 0 Å². The summed E-state index contributed by atoms with van der Waals surface area (Å²) in [6.45, 7) is 0. The predicted molar refractivity (Wildman–Crippen MR) is 63.3 cm³/mol. The zero-order valence-corrected chi connectivity index (χ0v) is 10.9. The van der Waals surface area contributed by atoms with Crippen LogP contribution in [0.1, 0.15) is 24.4 Å². The van der Waals surface area contributed by atoms with E-state index in [9.17, 15) is 22.0 Å². The van der Waals surface area contributed by atoms with Crippen LogP contribution in [0.15, 0.2) is 17.0 Å². The molecule has 0 saturated carbocycles. The van der Waals surface area contributed by atoms with E-state index in [1.54, 1.807) is 0 Å². The minimum absolute atomic E-state index is 0.126. The van der Waals surface area contributed by atoms with E-state index in [-0.39, 0.29) is 18.4 Å². The first-order chi connectivity index (χ1) is 8.62. The molecule has 1 unspecified atom stereocenters. The molecule has 0 heterocycles. The van der Waals surface area contributed by atoms with Crippen LogP contribution >= 0.6 is 0 Å². The van der Waals surface area contributed by atoms with E-state index in [0.717, 1.165) is 12.3 Å². The normalized spacial score (nSPS) is 13.3. The molecule has 5 nitrogen and oxygen atoms in total. The van der Waals surface area contributed by atoms with E-state index < -0.39 is 38.4 Å². The van der Waals surface area contributed by atoms with Gasteiger partial charge in [0.15, 0.2) is 21.5 Å². The number of nitrogens with two attached hydrogens (primary N) is 1. The average molecular weight is 293 g/mol. The zero-order chi connectivity index (χ0) is 14.8. The smallest absolute Gasteiger partial charge is 0.303 e. The van der Waals surface area contributed by atoms with E-state index >= 15 is 0 Å². The Labute approximate surface area is 109 Å². The molecule has 8 heteroatoms. The molecule has 0 radical (unpaired) electrons. The van der Waals surface area contributed by atoms with Crippen LogP contribution in [0.5, 0.6) is 0 Å². The van der Waals surface area contributed by atoms with Gasteiger partial charge in [0.05, 0.1) is 4.90 Å². The summed E-state index contributed by atoms with van der Waals surface area (Å²) in [5.41, 5.74) is 5.21. The fourth-order valence-electron chi connectivity index (χ4n) is 1.50. The molecule has 0 aromatic heterocycles. The van der Waals surface area contributed by atoms with E-state index in [0.29, 0.717) is 6.07 Å². The maximum atomic E-state index is 13.5. The first-order valence-electron chi connectivity index (χ1n) is 5.29. The molecule has 0 bridgehead atoms. The van der Waals surface area contributed by atoms with Gasteiger partial charge in [-0.1, -0.05) is 0 Å². The van der Waals surface area contributed by atoms with Gasteiger partial charge in [-0.3, -0.25) is 4.79 Å². The van der Waals surface area contributed by atoms with Crippen LogP contribution in [-0.4, -0.2) is 25.7 Å². The lowest BCUT2D eigenvalue weighted by Crippen LogP contribution is -2.16. The first kappa shape index (κ1) is 15.5. The van der Waals surface area contributed by atoms with Gasteiger partial charge in [0, 0.05) is 24.3 Å². The van der Waals surface area contributed by atoms with E-state index in [2.05, 4.69) is 0 Å². The lowest BCUT2D eigenvalue weighted by Gasteiger charge is -2.13. The SMILES string of the molecule is CS(=O)(=O)c1cc(F)c(F)c(C(N)CCC(=O)O)c1. The Balaban J connectivity index is 3.19. The Kier molecular flexibility index (Phi) is 4.59. The number of benzene rings is 1. The lowest BCUT2D eigenvalue weighted by atomic mass is 10.0. The van der Waals surface area contributed by atoms with Crippen molar-refractivity contribution >= 4 is 15.8 Å². The number of sulfone groups is 1. The molecular formula is C11H13F2NO4S. The molecule has 3 N–H and O–H groups in total. The van der Waals surface area contributed by atoms with Crippen molar-refractivity contribution in [2.24, 2.45) is 5.73 Å². The van der Waals surface area contributed by atoms with Gasteiger partial charge in [-0.2, -0.15) is 0 Å². The third kappa shape index (κ3) is 3.97. The third-order valence-electron chi connectivity index (χ3n) is 2.53. The maximum absolute atomic E-state index is 13.5. The summed E-state index contributed by atoms with van der Waals surface area (Å²) >= 11 is 0. The Hall–Kier alpha value is -1.54. The highest BCUT2D eigenvalue weighted by atomic mass is 32.2. The number of halogens is 2. The van der Waals surface area contributed by atoms with Crippen molar-refractivity contribution in [1.82, 2.24) is 0 Å². The lowest BCUT2D eigenvalue weighted by molar-refractivity contribution is -0.137. The molecule has 0 saturated heterocycles. The molecule has 0 spiro atoms. The molecule has 1 atom stereocenters. The summed E-state index contributed by atoms with van der Waals surface area (Å²) in [7, 11) is -3.71. The van der Waals surface area contributed by atoms with Crippen LogP contribution < -0.4 is 5.73 Å². The second-order valence-electron chi connectivity index (χ2n) is 4.12. The molecule has 1 aromatic carbocycles. The Bertz CT molecular complexity index is 601. The van der Waals surface area contributed by atoms with Crippen molar-refractivity contribution in [2.75, 3.05) is 6.26 Å². The number of hydrogen-bond donors (Lipinski definition) is 2. The van der Waals surface area contributed by atoms with Crippen LogP contribution in [-0.2, 0) is 14.6 Å². The Morgan fingerprint density at radius 2 is 2.00 bits per heavy atom. The number of carboxylic acid groups (broad SMARTS) is 1. The fourth-order valence-corrected chi connectivity index (χ4v) is 2.16. The van der Waals surface area contributed by atoms with E-state index in [1.807, 2.05) is 0 Å². The highest BCUT2D eigenvalue weighted by Crippen LogP contribution is 2.25. The summed E-state index contributed by atoms with van der Waals surface area (Å²) in [6.07, 6.45) is 0.399. The minimum Gasteiger partial charge on any atom is -0.481 e. The molecule has 19 heavy (non-hydrogen) atoms. The number of carbonyl (C=O) groups is 1. The summed E-state index contributed by atoms with van der Waals surface area (Å²) in [5, 5.41) is 8.50. The van der Waals surface area contributed by atoms with Gasteiger partial charge >= 0.3 is 5.97 Å². The van der Waals surface area contributed by atoms with E-state index in [4.69, 9.17) is 10.8 Å². The quantitative estimate of drug-likeness (QED) is 0.796. The largest absolute Gasteiger partial charge is 0.481 e. The molecule has 0 amide bonds. The van der Waals surface area contributed by atoms with Crippen molar-refractivity contribution in [3.63, 3.8) is 0 Å². The number of aliphatic carboxylic acids is 1. The van der Waals surface area contributed by atoms with Crippen molar-refractivity contribution in [1.29, 1.82) is 0 Å². The molecule has 0 aliphatic heterocycles. The average Bonchev–Trinajstić information content (AvgIpc) is 2.27. The molecule has 106 valence electrons. The summed E-state index contributed by atoms with van der Waals surface area (Å²) in [6, 6.07) is 0.408. The highest BCUT2D eigenvalue weighted by molar-refractivity contribution is 7.90.